The Hall–Kier alpha value is -2.43. The van der Waals surface area contributed by atoms with Crippen molar-refractivity contribution in [3.63, 3.8) is 0 Å². The van der Waals surface area contributed by atoms with Crippen molar-refractivity contribution in [2.75, 3.05) is 0 Å². The molecule has 20 heavy (non-hydrogen) atoms. The van der Waals surface area contributed by atoms with Gasteiger partial charge in [-0.3, -0.25) is 4.98 Å². The Balaban J connectivity index is 2.39. The third-order valence-electron chi connectivity index (χ3n) is 3.07. The second kappa shape index (κ2) is 4.60. The number of halogens is 2. The highest BCUT2D eigenvalue weighted by Crippen LogP contribution is 2.31. The van der Waals surface area contributed by atoms with Gasteiger partial charge in [-0.2, -0.15) is 0 Å². The number of nitrogens with zero attached hydrogens (tertiary/aromatic N) is 1. The highest BCUT2D eigenvalue weighted by atomic mass is 19.1. The molecule has 3 rings (SSSR count). The SMILES string of the molecule is [B]c1cc(-c2cc(F)cc(F)c2)c2cccnc2c1O. The van der Waals surface area contributed by atoms with E-state index in [0.717, 1.165) is 6.07 Å². The quantitative estimate of drug-likeness (QED) is 0.687. The van der Waals surface area contributed by atoms with E-state index in [0.29, 0.717) is 22.0 Å². The number of hydrogen-bond donors (Lipinski definition) is 1. The van der Waals surface area contributed by atoms with E-state index in [4.69, 9.17) is 7.85 Å². The summed E-state index contributed by atoms with van der Waals surface area (Å²) in [7, 11) is 5.72. The minimum atomic E-state index is -0.677. The molecule has 0 unspecified atom stereocenters. The van der Waals surface area contributed by atoms with Crippen molar-refractivity contribution in [2.24, 2.45) is 0 Å². The first-order valence-corrected chi connectivity index (χ1v) is 5.89. The Kier molecular flexibility index (Phi) is 2.90. The van der Waals surface area contributed by atoms with Crippen LogP contribution in [0.5, 0.6) is 5.75 Å². The molecule has 0 atom stereocenters. The van der Waals surface area contributed by atoms with Crippen molar-refractivity contribution < 1.29 is 13.9 Å². The highest BCUT2D eigenvalue weighted by molar-refractivity contribution is 6.36. The summed E-state index contributed by atoms with van der Waals surface area (Å²) in [5.41, 5.74) is 1.26. The number of phenolic OH excluding ortho intramolecular Hbond substituents is 1. The molecule has 1 aromatic heterocycles. The molecular formula is C15H8BF2NO. The molecule has 1 N–H and O–H groups in total. The van der Waals surface area contributed by atoms with Gasteiger partial charge in [-0.1, -0.05) is 17.6 Å². The molecule has 96 valence electrons. The number of benzene rings is 2. The van der Waals surface area contributed by atoms with E-state index in [2.05, 4.69) is 4.98 Å². The maximum absolute atomic E-state index is 13.4. The van der Waals surface area contributed by atoms with Crippen LogP contribution in [0.3, 0.4) is 0 Å². The number of aromatic hydroxyl groups is 1. The number of aromatic nitrogens is 1. The molecule has 0 amide bonds. The van der Waals surface area contributed by atoms with Gasteiger partial charge in [0.1, 0.15) is 30.7 Å². The zero-order chi connectivity index (χ0) is 14.3. The molecule has 1 heterocycles. The van der Waals surface area contributed by atoms with Crippen molar-refractivity contribution >= 4 is 24.2 Å². The number of fused-ring (bicyclic) bond motifs is 1. The van der Waals surface area contributed by atoms with E-state index in [9.17, 15) is 13.9 Å². The normalized spacial score (nSPS) is 10.9. The lowest BCUT2D eigenvalue weighted by Crippen LogP contribution is -2.05. The summed E-state index contributed by atoms with van der Waals surface area (Å²) in [4.78, 5) is 4.06. The van der Waals surface area contributed by atoms with Gasteiger partial charge in [-0.15, -0.1) is 0 Å². The molecule has 0 spiro atoms. The summed E-state index contributed by atoms with van der Waals surface area (Å²) in [6, 6.07) is 8.08. The fourth-order valence-corrected chi connectivity index (χ4v) is 2.20. The second-order valence-corrected chi connectivity index (χ2v) is 4.42. The lowest BCUT2D eigenvalue weighted by Gasteiger charge is -2.11. The van der Waals surface area contributed by atoms with Gasteiger partial charge in [0.2, 0.25) is 0 Å². The lowest BCUT2D eigenvalue weighted by atomic mass is 9.88. The van der Waals surface area contributed by atoms with Gasteiger partial charge in [-0.25, -0.2) is 8.78 Å². The van der Waals surface area contributed by atoms with Gasteiger partial charge in [0.05, 0.1) is 0 Å². The summed E-state index contributed by atoms with van der Waals surface area (Å²) in [5.74, 6) is -1.49. The standard InChI is InChI=1S/C15H8BF2NO/c16-13-7-12(8-4-9(17)6-10(18)5-8)11-2-1-3-19-14(11)15(13)20/h1-7,20H. The Morgan fingerprint density at radius 1 is 1.05 bits per heavy atom. The van der Waals surface area contributed by atoms with Crippen molar-refractivity contribution in [3.8, 4) is 16.9 Å². The van der Waals surface area contributed by atoms with Crippen LogP contribution in [0.2, 0.25) is 0 Å². The maximum Gasteiger partial charge on any atom is 0.134 e. The van der Waals surface area contributed by atoms with Crippen molar-refractivity contribution in [1.82, 2.24) is 4.98 Å². The molecular weight excluding hydrogens is 259 g/mol. The monoisotopic (exact) mass is 267 g/mol. The molecule has 0 saturated heterocycles. The van der Waals surface area contributed by atoms with E-state index in [1.54, 1.807) is 12.1 Å². The summed E-state index contributed by atoms with van der Waals surface area (Å²) >= 11 is 0. The van der Waals surface area contributed by atoms with Gasteiger partial charge in [-0.05, 0) is 29.3 Å². The van der Waals surface area contributed by atoms with Crippen LogP contribution < -0.4 is 5.46 Å². The first-order chi connectivity index (χ1) is 9.56. The van der Waals surface area contributed by atoms with Crippen molar-refractivity contribution in [2.45, 2.75) is 0 Å². The molecule has 2 radical (unpaired) electrons. The lowest BCUT2D eigenvalue weighted by molar-refractivity contribution is 0.484. The number of rotatable bonds is 1. The third-order valence-corrected chi connectivity index (χ3v) is 3.07. The largest absolute Gasteiger partial charge is 0.506 e. The van der Waals surface area contributed by atoms with Gasteiger partial charge in [0.25, 0.3) is 0 Å². The van der Waals surface area contributed by atoms with Gasteiger partial charge >= 0.3 is 0 Å². The summed E-state index contributed by atoms with van der Waals surface area (Å²) < 4.78 is 26.7. The van der Waals surface area contributed by atoms with E-state index >= 15 is 0 Å². The van der Waals surface area contributed by atoms with E-state index in [1.807, 2.05) is 0 Å². The number of pyridine rings is 1. The molecule has 0 aliphatic heterocycles. The number of phenols is 1. The molecule has 2 nitrogen and oxygen atoms in total. The Labute approximate surface area is 115 Å². The van der Waals surface area contributed by atoms with Crippen molar-refractivity contribution in [3.05, 3.63) is 54.2 Å². The van der Waals surface area contributed by atoms with Crippen LogP contribution in [0, 0.1) is 11.6 Å². The zero-order valence-electron chi connectivity index (χ0n) is 10.3. The van der Waals surface area contributed by atoms with Crippen LogP contribution in [0.1, 0.15) is 0 Å². The molecule has 0 aliphatic rings. The minimum absolute atomic E-state index is 0.107. The van der Waals surface area contributed by atoms with Crippen LogP contribution in [-0.4, -0.2) is 17.9 Å². The maximum atomic E-state index is 13.4. The Morgan fingerprint density at radius 2 is 1.75 bits per heavy atom. The average Bonchev–Trinajstić information content (AvgIpc) is 2.42. The van der Waals surface area contributed by atoms with Crippen LogP contribution in [-0.2, 0) is 0 Å². The molecule has 3 aromatic rings. The fraction of sp³-hybridized carbons (Fsp3) is 0. The molecule has 0 bridgehead atoms. The minimum Gasteiger partial charge on any atom is -0.506 e. The third kappa shape index (κ3) is 2.01. The van der Waals surface area contributed by atoms with Crippen molar-refractivity contribution in [1.29, 1.82) is 0 Å². The molecule has 0 saturated carbocycles. The first-order valence-electron chi connectivity index (χ1n) is 5.89. The Morgan fingerprint density at radius 3 is 2.45 bits per heavy atom. The number of hydrogen-bond acceptors (Lipinski definition) is 2. The van der Waals surface area contributed by atoms with Gasteiger partial charge in [0.15, 0.2) is 0 Å². The van der Waals surface area contributed by atoms with Crippen LogP contribution >= 0.6 is 0 Å². The Bertz CT molecular complexity index is 800. The molecule has 0 fully saturated rings. The van der Waals surface area contributed by atoms with Gasteiger partial charge in [0, 0.05) is 17.6 Å². The van der Waals surface area contributed by atoms with E-state index in [-0.39, 0.29) is 11.2 Å². The first kappa shape index (κ1) is 12.6. The van der Waals surface area contributed by atoms with E-state index < -0.39 is 11.6 Å². The van der Waals surface area contributed by atoms with E-state index in [1.165, 1.54) is 24.4 Å². The zero-order valence-corrected chi connectivity index (χ0v) is 10.3. The molecule has 2 aromatic carbocycles. The van der Waals surface area contributed by atoms with Crippen LogP contribution in [0.4, 0.5) is 8.78 Å². The van der Waals surface area contributed by atoms with Crippen LogP contribution in [0.25, 0.3) is 22.0 Å². The average molecular weight is 267 g/mol. The molecule has 5 heteroatoms. The van der Waals surface area contributed by atoms with Gasteiger partial charge < -0.3 is 5.11 Å². The highest BCUT2D eigenvalue weighted by Gasteiger charge is 2.12. The second-order valence-electron chi connectivity index (χ2n) is 4.42. The predicted octanol–water partition coefficient (Wildman–Crippen LogP) is 2.68. The smallest absolute Gasteiger partial charge is 0.134 e. The predicted molar refractivity (Wildman–Crippen MR) is 74.1 cm³/mol. The molecule has 0 aliphatic carbocycles. The topological polar surface area (TPSA) is 33.1 Å². The fourth-order valence-electron chi connectivity index (χ4n) is 2.20. The summed E-state index contributed by atoms with van der Waals surface area (Å²) in [5, 5.41) is 10.5. The van der Waals surface area contributed by atoms with Crippen LogP contribution in [0.15, 0.2) is 42.6 Å². The summed E-state index contributed by atoms with van der Waals surface area (Å²) in [6.07, 6.45) is 1.51. The summed E-state index contributed by atoms with van der Waals surface area (Å²) in [6.45, 7) is 0.